The molecule has 3 aromatic rings. The Balaban J connectivity index is 2.07. The van der Waals surface area contributed by atoms with Crippen LogP contribution in [0.3, 0.4) is 0 Å². The van der Waals surface area contributed by atoms with Crippen molar-refractivity contribution in [1.82, 2.24) is 9.55 Å². The second kappa shape index (κ2) is 4.98. The number of hydrogen-bond donors (Lipinski definition) is 1. The molecule has 2 N–H and O–H groups in total. The van der Waals surface area contributed by atoms with E-state index >= 15 is 0 Å². The van der Waals surface area contributed by atoms with E-state index in [1.807, 2.05) is 0 Å². The standard InChI is InChI=1S/C13H10N4O3S/c14-11-8(2-1-3-10(11)17(19)20)6-16-7-15-9-4-5-21-12(9)13(16)18/h1-5,7H,6,14H2. The quantitative estimate of drug-likeness (QED) is 0.452. The number of nitrogen functional groups attached to an aromatic ring is 1. The monoisotopic (exact) mass is 302 g/mol. The second-order valence-electron chi connectivity index (χ2n) is 4.42. The van der Waals surface area contributed by atoms with Crippen LogP contribution in [0.4, 0.5) is 11.4 Å². The lowest BCUT2D eigenvalue weighted by Gasteiger charge is -2.08. The SMILES string of the molecule is Nc1c(Cn2cnc3ccsc3c2=O)cccc1[N+](=O)[O-]. The van der Waals surface area contributed by atoms with Crippen LogP contribution in [-0.2, 0) is 6.54 Å². The maximum absolute atomic E-state index is 12.3. The van der Waals surface area contributed by atoms with Gasteiger partial charge in [0.25, 0.3) is 11.2 Å². The highest BCUT2D eigenvalue weighted by Gasteiger charge is 2.15. The van der Waals surface area contributed by atoms with Crippen molar-refractivity contribution < 1.29 is 4.92 Å². The molecule has 8 heteroatoms. The molecule has 2 aromatic heterocycles. The van der Waals surface area contributed by atoms with Crippen LogP contribution in [0.2, 0.25) is 0 Å². The van der Waals surface area contributed by atoms with Crippen molar-refractivity contribution in [3.63, 3.8) is 0 Å². The number of rotatable bonds is 3. The molecule has 2 heterocycles. The van der Waals surface area contributed by atoms with E-state index in [0.29, 0.717) is 15.8 Å². The third-order valence-electron chi connectivity index (χ3n) is 3.15. The number of benzene rings is 1. The zero-order chi connectivity index (χ0) is 15.0. The Morgan fingerprint density at radius 3 is 2.95 bits per heavy atom. The second-order valence-corrected chi connectivity index (χ2v) is 5.34. The number of aromatic nitrogens is 2. The van der Waals surface area contributed by atoms with Crippen molar-refractivity contribution in [3.05, 3.63) is 62.0 Å². The summed E-state index contributed by atoms with van der Waals surface area (Å²) in [4.78, 5) is 26.8. The van der Waals surface area contributed by atoms with Crippen molar-refractivity contribution in [2.24, 2.45) is 0 Å². The Hall–Kier alpha value is -2.74. The summed E-state index contributed by atoms with van der Waals surface area (Å²) in [6, 6.07) is 6.31. The number of nitro groups is 1. The first kappa shape index (κ1) is 13.3. The number of thiophene rings is 1. The first-order valence-corrected chi connectivity index (χ1v) is 6.90. The lowest BCUT2D eigenvalue weighted by molar-refractivity contribution is -0.383. The molecule has 106 valence electrons. The van der Waals surface area contributed by atoms with E-state index in [9.17, 15) is 14.9 Å². The fraction of sp³-hybridized carbons (Fsp3) is 0.0769. The van der Waals surface area contributed by atoms with Crippen LogP contribution in [0, 0.1) is 10.1 Å². The van der Waals surface area contributed by atoms with E-state index in [0.717, 1.165) is 0 Å². The summed E-state index contributed by atoms with van der Waals surface area (Å²) in [7, 11) is 0. The minimum absolute atomic E-state index is 0.0701. The molecule has 21 heavy (non-hydrogen) atoms. The Bertz CT molecular complexity index is 900. The first-order chi connectivity index (χ1) is 10.1. The zero-order valence-electron chi connectivity index (χ0n) is 10.7. The van der Waals surface area contributed by atoms with Crippen molar-refractivity contribution in [1.29, 1.82) is 0 Å². The van der Waals surface area contributed by atoms with E-state index in [2.05, 4.69) is 4.98 Å². The summed E-state index contributed by atoms with van der Waals surface area (Å²) < 4.78 is 1.95. The molecule has 0 aliphatic carbocycles. The van der Waals surface area contributed by atoms with Crippen molar-refractivity contribution >= 4 is 32.9 Å². The number of hydrogen-bond acceptors (Lipinski definition) is 6. The Labute approximate surface area is 122 Å². The maximum atomic E-state index is 12.3. The number of para-hydroxylation sites is 1. The lowest BCUT2D eigenvalue weighted by atomic mass is 10.1. The van der Waals surface area contributed by atoms with Crippen LogP contribution >= 0.6 is 11.3 Å². The Morgan fingerprint density at radius 2 is 2.19 bits per heavy atom. The molecule has 0 amide bonds. The molecular formula is C13H10N4O3S. The van der Waals surface area contributed by atoms with E-state index in [4.69, 9.17) is 5.73 Å². The van der Waals surface area contributed by atoms with Gasteiger partial charge in [0.15, 0.2) is 0 Å². The molecule has 7 nitrogen and oxygen atoms in total. The van der Waals surface area contributed by atoms with Crippen LogP contribution < -0.4 is 11.3 Å². The summed E-state index contributed by atoms with van der Waals surface area (Å²) in [5, 5.41) is 12.7. The van der Waals surface area contributed by atoms with Gasteiger partial charge in [-0.2, -0.15) is 0 Å². The molecule has 0 atom stereocenters. The van der Waals surface area contributed by atoms with Crippen LogP contribution in [0.25, 0.3) is 10.2 Å². The van der Waals surface area contributed by atoms with Gasteiger partial charge in [0.2, 0.25) is 0 Å². The molecular weight excluding hydrogens is 292 g/mol. The van der Waals surface area contributed by atoms with E-state index < -0.39 is 4.92 Å². The van der Waals surface area contributed by atoms with Crippen LogP contribution in [0.1, 0.15) is 5.56 Å². The van der Waals surface area contributed by atoms with Crippen LogP contribution in [0.15, 0.2) is 40.8 Å². The van der Waals surface area contributed by atoms with Gasteiger partial charge in [-0.05, 0) is 11.4 Å². The number of nitrogens with two attached hydrogens (primary N) is 1. The molecule has 0 radical (unpaired) electrons. The molecule has 0 bridgehead atoms. The van der Waals surface area contributed by atoms with Gasteiger partial charge in [-0.1, -0.05) is 12.1 Å². The molecule has 0 aliphatic rings. The Morgan fingerprint density at radius 1 is 1.38 bits per heavy atom. The number of anilines is 1. The molecule has 0 saturated heterocycles. The van der Waals surface area contributed by atoms with Crippen molar-refractivity contribution in [2.45, 2.75) is 6.54 Å². The van der Waals surface area contributed by atoms with Gasteiger partial charge in [0.1, 0.15) is 10.4 Å². The fourth-order valence-electron chi connectivity index (χ4n) is 2.07. The lowest BCUT2D eigenvalue weighted by Crippen LogP contribution is -2.20. The van der Waals surface area contributed by atoms with E-state index in [1.54, 1.807) is 23.6 Å². The smallest absolute Gasteiger partial charge is 0.292 e. The van der Waals surface area contributed by atoms with Crippen molar-refractivity contribution in [3.8, 4) is 0 Å². The summed E-state index contributed by atoms with van der Waals surface area (Å²) in [6.45, 7) is 0.146. The van der Waals surface area contributed by atoms with Gasteiger partial charge in [0.05, 0.1) is 23.3 Å². The highest BCUT2D eigenvalue weighted by molar-refractivity contribution is 7.17. The highest BCUT2D eigenvalue weighted by atomic mass is 32.1. The van der Waals surface area contributed by atoms with Crippen LogP contribution in [0.5, 0.6) is 0 Å². The zero-order valence-corrected chi connectivity index (χ0v) is 11.5. The molecule has 0 aliphatic heterocycles. The van der Waals surface area contributed by atoms with E-state index in [1.165, 1.54) is 28.3 Å². The molecule has 0 saturated carbocycles. The van der Waals surface area contributed by atoms with Gasteiger partial charge in [-0.25, -0.2) is 4.98 Å². The predicted molar refractivity (Wildman–Crippen MR) is 80.5 cm³/mol. The largest absolute Gasteiger partial charge is 0.393 e. The average molecular weight is 302 g/mol. The average Bonchev–Trinajstić information content (AvgIpc) is 2.93. The van der Waals surface area contributed by atoms with Gasteiger partial charge in [-0.3, -0.25) is 19.5 Å². The summed E-state index contributed by atoms with van der Waals surface area (Å²) in [6.07, 6.45) is 1.43. The van der Waals surface area contributed by atoms with Gasteiger partial charge in [-0.15, -0.1) is 11.3 Å². The normalized spacial score (nSPS) is 10.9. The summed E-state index contributed by atoms with van der Waals surface area (Å²) in [5.74, 6) is 0. The number of nitro benzene ring substituents is 1. The highest BCUT2D eigenvalue weighted by Crippen LogP contribution is 2.25. The minimum Gasteiger partial charge on any atom is -0.393 e. The van der Waals surface area contributed by atoms with E-state index in [-0.39, 0.29) is 23.5 Å². The molecule has 1 aromatic carbocycles. The van der Waals surface area contributed by atoms with Gasteiger partial charge in [0, 0.05) is 11.6 Å². The van der Waals surface area contributed by atoms with Crippen molar-refractivity contribution in [2.75, 3.05) is 5.73 Å². The third kappa shape index (κ3) is 2.25. The van der Waals surface area contributed by atoms with Gasteiger partial charge >= 0.3 is 0 Å². The van der Waals surface area contributed by atoms with Gasteiger partial charge < -0.3 is 5.73 Å². The molecule has 0 fully saturated rings. The Kier molecular flexibility index (Phi) is 3.15. The number of fused-ring (bicyclic) bond motifs is 1. The van der Waals surface area contributed by atoms with Crippen LogP contribution in [-0.4, -0.2) is 14.5 Å². The predicted octanol–water partition coefficient (Wildman–Crippen LogP) is 2.00. The third-order valence-corrected chi connectivity index (χ3v) is 4.04. The molecule has 0 spiro atoms. The fourth-order valence-corrected chi connectivity index (χ4v) is 2.86. The maximum Gasteiger partial charge on any atom is 0.292 e. The molecule has 0 unspecified atom stereocenters. The summed E-state index contributed by atoms with van der Waals surface area (Å²) in [5.41, 5.74) is 6.69. The topological polar surface area (TPSA) is 104 Å². The minimum atomic E-state index is -0.539. The summed E-state index contributed by atoms with van der Waals surface area (Å²) >= 11 is 1.32. The number of nitrogens with zero attached hydrogens (tertiary/aromatic N) is 3. The first-order valence-electron chi connectivity index (χ1n) is 6.02. The molecule has 3 rings (SSSR count).